The van der Waals surface area contributed by atoms with Crippen LogP contribution < -0.4 is 21.7 Å². The summed E-state index contributed by atoms with van der Waals surface area (Å²) in [4.78, 5) is 27.2. The van der Waals surface area contributed by atoms with Gasteiger partial charge in [-0.1, -0.05) is 38.8 Å². The van der Waals surface area contributed by atoms with Crippen molar-refractivity contribution in [2.24, 2.45) is 5.92 Å². The molecule has 9 heteroatoms. The van der Waals surface area contributed by atoms with Gasteiger partial charge in [0.15, 0.2) is 0 Å². The first kappa shape index (κ1) is 22.5. The molecule has 32 heavy (non-hydrogen) atoms. The van der Waals surface area contributed by atoms with Gasteiger partial charge in [0, 0.05) is 12.6 Å². The first-order valence-corrected chi connectivity index (χ1v) is 11.3. The molecule has 1 aromatic carbocycles. The van der Waals surface area contributed by atoms with Gasteiger partial charge in [-0.2, -0.15) is 5.53 Å². The zero-order valence-corrected chi connectivity index (χ0v) is 18.5. The van der Waals surface area contributed by atoms with E-state index in [1.807, 2.05) is 19.9 Å². The Bertz CT molecular complexity index is 902. The zero-order valence-electron chi connectivity index (χ0n) is 18.5. The quantitative estimate of drug-likeness (QED) is 0.493. The molecule has 3 atom stereocenters. The molecule has 7 nitrogen and oxygen atoms in total. The predicted molar refractivity (Wildman–Crippen MR) is 116 cm³/mol. The van der Waals surface area contributed by atoms with E-state index in [-0.39, 0.29) is 49.0 Å². The lowest BCUT2D eigenvalue weighted by Crippen LogP contribution is -2.47. The van der Waals surface area contributed by atoms with E-state index in [9.17, 15) is 18.4 Å². The number of hydrazine groups is 2. The van der Waals surface area contributed by atoms with Crippen LogP contribution in [0.4, 0.5) is 8.78 Å². The third-order valence-corrected chi connectivity index (χ3v) is 6.39. The molecule has 4 rings (SSSR count). The predicted octanol–water partition coefficient (Wildman–Crippen LogP) is 2.69. The van der Waals surface area contributed by atoms with Gasteiger partial charge in [0.1, 0.15) is 18.0 Å². The Morgan fingerprint density at radius 3 is 2.69 bits per heavy atom. The highest BCUT2D eigenvalue weighted by Crippen LogP contribution is 2.38. The summed E-state index contributed by atoms with van der Waals surface area (Å²) in [6.45, 7) is 3.77. The zero-order chi connectivity index (χ0) is 22.8. The molecular formula is C23H31F2N5O2. The lowest BCUT2D eigenvalue weighted by molar-refractivity contribution is -0.138. The summed E-state index contributed by atoms with van der Waals surface area (Å²) in [5.41, 5.74) is 10.1. The maximum atomic E-state index is 14.6. The van der Waals surface area contributed by atoms with Gasteiger partial charge < -0.3 is 21.1 Å². The van der Waals surface area contributed by atoms with Crippen LogP contribution in [0.1, 0.15) is 69.0 Å². The van der Waals surface area contributed by atoms with Crippen LogP contribution in [0.25, 0.3) is 0 Å². The Morgan fingerprint density at radius 2 is 2.06 bits per heavy atom. The van der Waals surface area contributed by atoms with Gasteiger partial charge in [0.2, 0.25) is 11.8 Å². The molecule has 2 amide bonds. The second-order valence-corrected chi connectivity index (χ2v) is 9.31. The molecule has 1 aromatic rings. The number of hydrogen-bond acceptors (Lipinski definition) is 5. The van der Waals surface area contributed by atoms with Crippen LogP contribution in [0.2, 0.25) is 0 Å². The van der Waals surface area contributed by atoms with E-state index in [1.54, 1.807) is 12.3 Å². The second kappa shape index (κ2) is 9.44. The van der Waals surface area contributed by atoms with Crippen LogP contribution >= 0.6 is 0 Å². The average Bonchev–Trinajstić information content (AvgIpc) is 3.24. The minimum absolute atomic E-state index is 0.0304. The fourth-order valence-electron chi connectivity index (χ4n) is 4.41. The molecule has 1 saturated heterocycles. The maximum absolute atomic E-state index is 14.6. The fourth-order valence-corrected chi connectivity index (χ4v) is 4.41. The van der Waals surface area contributed by atoms with E-state index in [1.165, 1.54) is 11.0 Å². The number of carbonyl (C=O) groups excluding carboxylic acids is 2. The molecule has 2 aliphatic heterocycles. The highest BCUT2D eigenvalue weighted by Gasteiger charge is 2.41. The molecule has 1 saturated carbocycles. The number of carbonyl (C=O) groups is 2. The van der Waals surface area contributed by atoms with Crippen molar-refractivity contribution in [2.75, 3.05) is 6.54 Å². The average molecular weight is 448 g/mol. The number of benzene rings is 1. The molecule has 174 valence electrons. The first-order chi connectivity index (χ1) is 15.3. The van der Waals surface area contributed by atoms with E-state index in [2.05, 4.69) is 21.7 Å². The van der Waals surface area contributed by atoms with Gasteiger partial charge in [0.25, 0.3) is 0 Å². The van der Waals surface area contributed by atoms with E-state index in [4.69, 9.17) is 0 Å². The summed E-state index contributed by atoms with van der Waals surface area (Å²) >= 11 is 0. The van der Waals surface area contributed by atoms with Crippen LogP contribution in [0.15, 0.2) is 30.1 Å². The topological polar surface area (TPSA) is 85.5 Å². The minimum atomic E-state index is -1.25. The molecule has 0 aromatic heterocycles. The standard InChI is InChI=1S/C23H31F2N5O2/c1-13(2)18-6-5-15(8-19(18)25)20(7-14-3-4-14)27-23(32)21-9-16(24)12-30(21)22(31)10-17-11-26-29-28-17/h5-6,8,11,13-14,16,20-21,26,28-29H,3-4,7,9-10,12H2,1-2H3,(H,27,32)/t16-,20?,21+/m1/s1. The van der Waals surface area contributed by atoms with Crippen LogP contribution in [0, 0.1) is 11.7 Å². The number of alkyl halides is 1. The number of amides is 2. The fraction of sp³-hybridized carbons (Fsp3) is 0.565. The Kier molecular flexibility index (Phi) is 6.64. The summed E-state index contributed by atoms with van der Waals surface area (Å²) in [5, 5.41) is 3.00. The van der Waals surface area contributed by atoms with E-state index >= 15 is 0 Å². The normalized spacial score (nSPS) is 23.5. The molecule has 0 spiro atoms. The van der Waals surface area contributed by atoms with Crippen molar-refractivity contribution in [3.8, 4) is 0 Å². The van der Waals surface area contributed by atoms with Crippen LogP contribution in [-0.2, 0) is 9.59 Å². The van der Waals surface area contributed by atoms with Crippen molar-refractivity contribution in [3.05, 3.63) is 47.0 Å². The Labute approximate surface area is 186 Å². The minimum Gasteiger partial charge on any atom is -0.347 e. The van der Waals surface area contributed by atoms with Gasteiger partial charge in [-0.25, -0.2) is 8.78 Å². The lowest BCUT2D eigenvalue weighted by Gasteiger charge is -2.27. The van der Waals surface area contributed by atoms with Gasteiger partial charge in [0.05, 0.1) is 24.7 Å². The van der Waals surface area contributed by atoms with Crippen molar-refractivity contribution < 1.29 is 18.4 Å². The molecule has 4 N–H and O–H groups in total. The number of rotatable bonds is 8. The largest absolute Gasteiger partial charge is 0.347 e. The van der Waals surface area contributed by atoms with Crippen LogP contribution in [0.3, 0.4) is 0 Å². The molecule has 1 unspecified atom stereocenters. The number of halogens is 2. The second-order valence-electron chi connectivity index (χ2n) is 9.31. The third kappa shape index (κ3) is 5.20. The first-order valence-electron chi connectivity index (χ1n) is 11.3. The molecular weight excluding hydrogens is 416 g/mol. The van der Waals surface area contributed by atoms with Crippen molar-refractivity contribution >= 4 is 11.8 Å². The number of likely N-dealkylation sites (tertiary alicyclic amines) is 1. The van der Waals surface area contributed by atoms with E-state index in [0.29, 0.717) is 29.2 Å². The van der Waals surface area contributed by atoms with E-state index < -0.39 is 12.2 Å². The highest BCUT2D eigenvalue weighted by molar-refractivity contribution is 5.89. The Balaban J connectivity index is 1.48. The van der Waals surface area contributed by atoms with Crippen molar-refractivity contribution in [1.82, 2.24) is 26.6 Å². The van der Waals surface area contributed by atoms with Crippen molar-refractivity contribution in [2.45, 2.75) is 70.1 Å². The molecule has 1 aliphatic carbocycles. The summed E-state index contributed by atoms with van der Waals surface area (Å²) < 4.78 is 28.9. The number of nitrogens with zero attached hydrogens (tertiary/aromatic N) is 1. The SMILES string of the molecule is CC(C)c1ccc(C(CC2CC2)NC(=O)[C@@H]2C[C@@H](F)CN2C(=O)CC2=CNNN2)cc1F. The molecule has 2 heterocycles. The Morgan fingerprint density at radius 1 is 1.28 bits per heavy atom. The van der Waals surface area contributed by atoms with Gasteiger partial charge in [-0.05, 0) is 35.4 Å². The number of hydrogen-bond donors (Lipinski definition) is 4. The van der Waals surface area contributed by atoms with Crippen molar-refractivity contribution in [3.63, 3.8) is 0 Å². The lowest BCUT2D eigenvalue weighted by atomic mass is 9.95. The molecule has 0 bridgehead atoms. The van der Waals surface area contributed by atoms with Gasteiger partial charge in [-0.3, -0.25) is 9.59 Å². The summed E-state index contributed by atoms with van der Waals surface area (Å²) in [7, 11) is 0. The van der Waals surface area contributed by atoms with Gasteiger partial charge >= 0.3 is 0 Å². The van der Waals surface area contributed by atoms with Crippen molar-refractivity contribution in [1.29, 1.82) is 0 Å². The smallest absolute Gasteiger partial charge is 0.243 e. The monoisotopic (exact) mass is 447 g/mol. The maximum Gasteiger partial charge on any atom is 0.243 e. The Hall–Kier alpha value is -2.68. The highest BCUT2D eigenvalue weighted by atomic mass is 19.1. The van der Waals surface area contributed by atoms with E-state index in [0.717, 1.165) is 12.8 Å². The summed E-state index contributed by atoms with van der Waals surface area (Å²) in [6.07, 6.45) is 3.24. The van der Waals surface area contributed by atoms with Crippen LogP contribution in [0.5, 0.6) is 0 Å². The molecule has 2 fully saturated rings. The van der Waals surface area contributed by atoms with Crippen LogP contribution in [-0.4, -0.2) is 35.5 Å². The molecule has 3 aliphatic rings. The number of nitrogens with one attached hydrogen (secondary N) is 4. The summed E-state index contributed by atoms with van der Waals surface area (Å²) in [5.74, 6) is -0.435. The van der Waals surface area contributed by atoms with Gasteiger partial charge in [-0.15, -0.1) is 0 Å². The summed E-state index contributed by atoms with van der Waals surface area (Å²) in [6, 6.07) is 3.89. The third-order valence-electron chi connectivity index (χ3n) is 6.39. The molecule has 0 radical (unpaired) electrons.